The Labute approximate surface area is 81.7 Å². The van der Waals surface area contributed by atoms with Gasteiger partial charge in [0.2, 0.25) is 5.91 Å². The van der Waals surface area contributed by atoms with Crippen molar-refractivity contribution in [2.24, 2.45) is 0 Å². The summed E-state index contributed by atoms with van der Waals surface area (Å²) in [6.45, 7) is 3.53. The van der Waals surface area contributed by atoms with Crippen LogP contribution in [0.4, 0.5) is 4.79 Å². The fraction of sp³-hybridized carbons (Fsp3) is 0.333. The molecular weight excluding hydrogens is 184 g/mol. The van der Waals surface area contributed by atoms with Crippen LogP contribution >= 0.6 is 0 Å². The van der Waals surface area contributed by atoms with Crippen molar-refractivity contribution in [1.82, 2.24) is 10.2 Å². The number of rotatable bonds is 4. The first-order valence-corrected chi connectivity index (χ1v) is 3.97. The highest BCUT2D eigenvalue weighted by atomic mass is 16.5. The molecule has 1 N–H and O–H groups in total. The zero-order valence-electron chi connectivity index (χ0n) is 7.53. The molecule has 14 heavy (non-hydrogen) atoms. The van der Waals surface area contributed by atoms with Gasteiger partial charge in [0.1, 0.15) is 13.2 Å². The highest BCUT2D eigenvalue weighted by molar-refractivity contribution is 6.02. The van der Waals surface area contributed by atoms with Gasteiger partial charge in [-0.3, -0.25) is 15.0 Å². The van der Waals surface area contributed by atoms with Crippen molar-refractivity contribution in [2.45, 2.75) is 6.23 Å². The van der Waals surface area contributed by atoms with E-state index in [2.05, 4.69) is 17.8 Å². The Morgan fingerprint density at radius 2 is 2.50 bits per heavy atom. The molecule has 0 saturated carbocycles. The Hall–Kier alpha value is -1.80. The predicted octanol–water partition coefficient (Wildman–Crippen LogP) is -0.300. The third kappa shape index (κ3) is 2.12. The number of amides is 3. The third-order valence-electron chi connectivity index (χ3n) is 1.67. The fourth-order valence-electron chi connectivity index (χ4n) is 1.08. The number of carbonyl (C=O) groups excluding carboxylic acids is 2. The Kier molecular flexibility index (Phi) is 3.26. The number of imide groups is 1. The summed E-state index contributed by atoms with van der Waals surface area (Å²) in [4.78, 5) is 23.2. The highest BCUT2D eigenvalue weighted by Gasteiger charge is 2.31. The van der Waals surface area contributed by atoms with E-state index in [1.807, 2.05) is 0 Å². The van der Waals surface area contributed by atoms with E-state index in [9.17, 15) is 9.59 Å². The van der Waals surface area contributed by atoms with Crippen LogP contribution in [0, 0.1) is 12.3 Å². The van der Waals surface area contributed by atoms with Crippen LogP contribution in [0.3, 0.4) is 0 Å². The van der Waals surface area contributed by atoms with E-state index in [-0.39, 0.29) is 19.1 Å². The molecule has 0 aromatic heterocycles. The van der Waals surface area contributed by atoms with Crippen molar-refractivity contribution in [3.63, 3.8) is 0 Å². The number of carbonyl (C=O) groups is 2. The third-order valence-corrected chi connectivity index (χ3v) is 1.67. The largest absolute Gasteiger partial charge is 0.342 e. The molecule has 0 radical (unpaired) electrons. The number of terminal acetylenes is 1. The lowest BCUT2D eigenvalue weighted by Gasteiger charge is -2.21. The van der Waals surface area contributed by atoms with E-state index < -0.39 is 12.3 Å². The second-order valence-corrected chi connectivity index (χ2v) is 2.62. The number of hydrogen-bond acceptors (Lipinski definition) is 3. The first-order chi connectivity index (χ1) is 6.69. The summed E-state index contributed by atoms with van der Waals surface area (Å²) in [5.74, 6) is 1.91. The van der Waals surface area contributed by atoms with Crippen LogP contribution < -0.4 is 5.32 Å². The van der Waals surface area contributed by atoms with Gasteiger partial charge in [-0.2, -0.15) is 0 Å². The van der Waals surface area contributed by atoms with E-state index in [4.69, 9.17) is 11.2 Å². The Morgan fingerprint density at radius 3 is 2.93 bits per heavy atom. The molecule has 1 heterocycles. The minimum absolute atomic E-state index is 0.0277. The SMILES string of the molecule is C#CCOC(C=C)N1CC(=O)NC1=O. The van der Waals surface area contributed by atoms with Gasteiger partial charge in [0.05, 0.1) is 0 Å². The molecule has 5 heteroatoms. The highest BCUT2D eigenvalue weighted by Crippen LogP contribution is 2.07. The quantitative estimate of drug-likeness (QED) is 0.380. The summed E-state index contributed by atoms with van der Waals surface area (Å²) in [5, 5.41) is 2.13. The molecule has 1 unspecified atom stereocenters. The zero-order valence-corrected chi connectivity index (χ0v) is 7.53. The molecule has 0 aromatic carbocycles. The lowest BCUT2D eigenvalue weighted by atomic mass is 10.4. The van der Waals surface area contributed by atoms with Crippen molar-refractivity contribution in [3.05, 3.63) is 12.7 Å². The van der Waals surface area contributed by atoms with E-state index in [1.165, 1.54) is 11.0 Å². The zero-order chi connectivity index (χ0) is 10.6. The molecule has 1 fully saturated rings. The van der Waals surface area contributed by atoms with Crippen molar-refractivity contribution in [1.29, 1.82) is 0 Å². The summed E-state index contributed by atoms with van der Waals surface area (Å²) >= 11 is 0. The van der Waals surface area contributed by atoms with Gasteiger partial charge in [-0.1, -0.05) is 12.5 Å². The Morgan fingerprint density at radius 1 is 1.79 bits per heavy atom. The molecule has 74 valence electrons. The van der Waals surface area contributed by atoms with Crippen molar-refractivity contribution in [2.75, 3.05) is 13.2 Å². The molecule has 0 aliphatic carbocycles. The minimum Gasteiger partial charge on any atom is -0.342 e. The van der Waals surface area contributed by atoms with Crippen LogP contribution in [-0.4, -0.2) is 36.2 Å². The molecule has 3 amide bonds. The molecule has 1 saturated heterocycles. The lowest BCUT2D eigenvalue weighted by Crippen LogP contribution is -2.38. The number of hydrogen-bond donors (Lipinski definition) is 1. The molecule has 0 bridgehead atoms. The second-order valence-electron chi connectivity index (χ2n) is 2.62. The van der Waals surface area contributed by atoms with Crippen LogP contribution in [0.1, 0.15) is 0 Å². The molecule has 1 aliphatic rings. The average molecular weight is 194 g/mol. The molecule has 0 spiro atoms. The first-order valence-electron chi connectivity index (χ1n) is 3.97. The summed E-state index contributed by atoms with van der Waals surface area (Å²) in [5.41, 5.74) is 0. The van der Waals surface area contributed by atoms with E-state index in [1.54, 1.807) is 0 Å². The smallest absolute Gasteiger partial charge is 0.326 e. The fourth-order valence-corrected chi connectivity index (χ4v) is 1.08. The Bertz CT molecular complexity index is 306. The first kappa shape index (κ1) is 10.3. The minimum atomic E-state index is -0.655. The van der Waals surface area contributed by atoms with Crippen molar-refractivity contribution in [3.8, 4) is 12.3 Å². The topological polar surface area (TPSA) is 58.6 Å². The van der Waals surface area contributed by atoms with Gasteiger partial charge in [-0.25, -0.2) is 4.79 Å². The number of urea groups is 1. The lowest BCUT2D eigenvalue weighted by molar-refractivity contribution is -0.119. The Balaban J connectivity index is 2.61. The summed E-state index contributed by atoms with van der Waals surface area (Å²) in [6.07, 6.45) is 5.75. The van der Waals surface area contributed by atoms with Crippen molar-refractivity contribution >= 4 is 11.9 Å². The molecule has 1 rings (SSSR count). The molecular formula is C9H10N2O3. The monoisotopic (exact) mass is 194 g/mol. The standard InChI is InChI=1S/C9H10N2O3/c1-3-5-14-8(4-2)11-6-7(12)10-9(11)13/h1,4,8H,2,5-6H2,(H,10,12,13). The molecule has 5 nitrogen and oxygen atoms in total. The van der Waals surface area contributed by atoms with Crippen LogP contribution in [0.2, 0.25) is 0 Å². The summed E-state index contributed by atoms with van der Waals surface area (Å²) in [7, 11) is 0. The van der Waals surface area contributed by atoms with E-state index in [0.717, 1.165) is 0 Å². The number of nitrogens with one attached hydrogen (secondary N) is 1. The molecule has 0 aromatic rings. The van der Waals surface area contributed by atoms with Gasteiger partial charge in [0.15, 0.2) is 6.23 Å². The van der Waals surface area contributed by atoms with Gasteiger partial charge >= 0.3 is 6.03 Å². The predicted molar refractivity (Wildman–Crippen MR) is 49.0 cm³/mol. The maximum absolute atomic E-state index is 11.2. The van der Waals surface area contributed by atoms with Gasteiger partial charge in [-0.05, 0) is 6.08 Å². The summed E-state index contributed by atoms with van der Waals surface area (Å²) in [6, 6.07) is -0.489. The maximum atomic E-state index is 11.2. The average Bonchev–Trinajstić information content (AvgIpc) is 2.47. The van der Waals surface area contributed by atoms with Crippen molar-refractivity contribution < 1.29 is 14.3 Å². The maximum Gasteiger partial charge on any atom is 0.326 e. The van der Waals surface area contributed by atoms with E-state index >= 15 is 0 Å². The number of nitrogens with zero attached hydrogens (tertiary/aromatic N) is 1. The van der Waals surface area contributed by atoms with E-state index in [0.29, 0.717) is 0 Å². The van der Waals surface area contributed by atoms with Crippen LogP contribution in [-0.2, 0) is 9.53 Å². The van der Waals surface area contributed by atoms with Gasteiger partial charge in [0, 0.05) is 0 Å². The van der Waals surface area contributed by atoms with Crippen LogP contribution in [0.25, 0.3) is 0 Å². The molecule has 1 atom stereocenters. The second kappa shape index (κ2) is 4.44. The van der Waals surface area contributed by atoms with Gasteiger partial charge in [0.25, 0.3) is 0 Å². The summed E-state index contributed by atoms with van der Waals surface area (Å²) < 4.78 is 5.10. The van der Waals surface area contributed by atoms with Crippen LogP contribution in [0.5, 0.6) is 0 Å². The number of ether oxygens (including phenoxy) is 1. The normalized spacial score (nSPS) is 17.5. The van der Waals surface area contributed by atoms with Gasteiger partial charge < -0.3 is 4.74 Å². The van der Waals surface area contributed by atoms with Gasteiger partial charge in [-0.15, -0.1) is 6.42 Å². The van der Waals surface area contributed by atoms with Crippen LogP contribution in [0.15, 0.2) is 12.7 Å². The molecule has 1 aliphatic heterocycles.